The van der Waals surface area contributed by atoms with Crippen LogP contribution in [0.25, 0.3) is 0 Å². The lowest BCUT2D eigenvalue weighted by Gasteiger charge is -2.40. The van der Waals surface area contributed by atoms with Crippen LogP contribution in [0.15, 0.2) is 78.9 Å². The van der Waals surface area contributed by atoms with E-state index in [0.29, 0.717) is 0 Å². The van der Waals surface area contributed by atoms with Crippen molar-refractivity contribution in [3.8, 4) is 0 Å². The van der Waals surface area contributed by atoms with Crippen molar-refractivity contribution in [2.45, 2.75) is 20.3 Å². The lowest BCUT2D eigenvalue weighted by Crippen LogP contribution is -2.27. The first-order chi connectivity index (χ1) is 12.4. The number of anilines is 5. The van der Waals surface area contributed by atoms with E-state index in [1.807, 2.05) is 0 Å². The van der Waals surface area contributed by atoms with Gasteiger partial charge in [-0.3, -0.25) is 0 Å². The highest BCUT2D eigenvalue weighted by atomic mass is 79.9. The van der Waals surface area contributed by atoms with Crippen LogP contribution >= 0.6 is 15.9 Å². The first-order valence-electron chi connectivity index (χ1n) is 8.77. The van der Waals surface area contributed by atoms with E-state index in [-0.39, 0.29) is 7.43 Å². The van der Waals surface area contributed by atoms with Crippen molar-refractivity contribution in [2.75, 3.05) is 21.7 Å². The molecule has 0 saturated carbocycles. The van der Waals surface area contributed by atoms with Crippen LogP contribution in [0.4, 0.5) is 28.4 Å². The van der Waals surface area contributed by atoms with Crippen molar-refractivity contribution in [2.24, 2.45) is 0 Å². The van der Waals surface area contributed by atoms with E-state index in [0.717, 1.165) is 11.9 Å². The summed E-state index contributed by atoms with van der Waals surface area (Å²) in [4.78, 5) is 4.83. The summed E-state index contributed by atoms with van der Waals surface area (Å²) < 4.78 is 0. The maximum atomic E-state index is 3.55. The van der Waals surface area contributed by atoms with Gasteiger partial charge in [-0.1, -0.05) is 65.8 Å². The molecule has 0 saturated heterocycles. The van der Waals surface area contributed by atoms with Crippen molar-refractivity contribution in [3.63, 3.8) is 0 Å². The third-order valence-corrected chi connectivity index (χ3v) is 5.17. The molecule has 4 rings (SSSR count). The van der Waals surface area contributed by atoms with E-state index in [9.17, 15) is 0 Å². The largest absolute Gasteiger partial charge is 0.338 e. The fourth-order valence-corrected chi connectivity index (χ4v) is 3.88. The summed E-state index contributed by atoms with van der Waals surface area (Å²) in [6, 6.07) is 28.0. The summed E-state index contributed by atoms with van der Waals surface area (Å²) in [5, 5.41) is 1.06. The van der Waals surface area contributed by atoms with Gasteiger partial charge in [0.05, 0.1) is 22.7 Å². The third-order valence-electron chi connectivity index (χ3n) is 4.61. The van der Waals surface area contributed by atoms with E-state index in [1.54, 1.807) is 0 Å². The van der Waals surface area contributed by atoms with Gasteiger partial charge in [0.1, 0.15) is 0 Å². The summed E-state index contributed by atoms with van der Waals surface area (Å²) in [6.45, 7) is 1.03. The van der Waals surface area contributed by atoms with Gasteiger partial charge in [0.15, 0.2) is 0 Å². The number of hydrogen-bond donors (Lipinski definition) is 0. The number of benzene rings is 3. The smallest absolute Gasteiger partial charge is 0.0699 e. The zero-order valence-corrected chi connectivity index (χ0v) is 15.7. The average Bonchev–Trinajstić information content (AvgIpc) is 2.68. The van der Waals surface area contributed by atoms with E-state index in [4.69, 9.17) is 0 Å². The monoisotopic (exact) mass is 408 g/mol. The van der Waals surface area contributed by atoms with E-state index in [2.05, 4.69) is 105 Å². The number of fused-ring (bicyclic) bond motifs is 2. The minimum Gasteiger partial charge on any atom is -0.338 e. The summed E-state index contributed by atoms with van der Waals surface area (Å²) in [7, 11) is 0. The Labute approximate surface area is 165 Å². The lowest BCUT2D eigenvalue weighted by atomic mass is 10.1. The molecule has 134 valence electrons. The number of para-hydroxylation sites is 5. The Kier molecular flexibility index (Phi) is 6.00. The molecule has 1 heterocycles. The second-order valence-corrected chi connectivity index (χ2v) is 6.99. The van der Waals surface area contributed by atoms with Crippen LogP contribution in [0.3, 0.4) is 0 Å². The predicted molar refractivity (Wildman–Crippen MR) is 118 cm³/mol. The van der Waals surface area contributed by atoms with Crippen molar-refractivity contribution in [1.29, 1.82) is 0 Å². The van der Waals surface area contributed by atoms with Gasteiger partial charge < -0.3 is 9.80 Å². The molecular weight excluding hydrogens is 384 g/mol. The average molecular weight is 409 g/mol. The van der Waals surface area contributed by atoms with Crippen LogP contribution < -0.4 is 9.80 Å². The van der Waals surface area contributed by atoms with Gasteiger partial charge in [-0.2, -0.15) is 0 Å². The van der Waals surface area contributed by atoms with Crippen LogP contribution in [0.1, 0.15) is 20.3 Å². The Morgan fingerprint density at radius 1 is 0.615 bits per heavy atom. The standard InChI is InChI=1S/C22H21BrN2.CH4/c23-16-8-9-17-24-19-12-4-6-14-21(19)25(18-10-2-1-3-11-18)22-15-7-5-13-20(22)24;/h1-7,10-15H,8-9,16-17H2;1H4. The van der Waals surface area contributed by atoms with Gasteiger partial charge in [0.2, 0.25) is 0 Å². The fourth-order valence-electron chi connectivity index (χ4n) is 3.48. The Bertz CT molecular complexity index is 800. The molecule has 0 atom stereocenters. The first-order valence-corrected chi connectivity index (χ1v) is 9.89. The van der Waals surface area contributed by atoms with Gasteiger partial charge >= 0.3 is 0 Å². The molecule has 3 heteroatoms. The molecule has 0 bridgehead atoms. The van der Waals surface area contributed by atoms with Gasteiger partial charge in [0.25, 0.3) is 0 Å². The summed E-state index contributed by atoms with van der Waals surface area (Å²) in [5.41, 5.74) is 6.24. The van der Waals surface area contributed by atoms with Crippen molar-refractivity contribution >= 4 is 44.4 Å². The number of alkyl halides is 1. The minimum atomic E-state index is 0. The van der Waals surface area contributed by atoms with Gasteiger partial charge in [-0.15, -0.1) is 0 Å². The number of halogens is 1. The second-order valence-electron chi connectivity index (χ2n) is 6.20. The molecule has 0 amide bonds. The third kappa shape index (κ3) is 3.36. The molecule has 26 heavy (non-hydrogen) atoms. The van der Waals surface area contributed by atoms with Crippen LogP contribution in [0.2, 0.25) is 0 Å². The van der Waals surface area contributed by atoms with E-state index >= 15 is 0 Å². The molecule has 0 N–H and O–H groups in total. The highest BCUT2D eigenvalue weighted by Crippen LogP contribution is 2.50. The zero-order valence-electron chi connectivity index (χ0n) is 14.1. The Hall–Kier alpha value is -2.26. The Morgan fingerprint density at radius 2 is 1.12 bits per heavy atom. The topological polar surface area (TPSA) is 6.48 Å². The molecule has 0 fully saturated rings. The molecule has 1 aliphatic heterocycles. The second kappa shape index (κ2) is 8.41. The molecule has 1 aliphatic rings. The predicted octanol–water partition coefficient (Wildman–Crippen LogP) is 7.42. The molecule has 0 spiro atoms. The number of rotatable bonds is 5. The lowest BCUT2D eigenvalue weighted by molar-refractivity contribution is 0.792. The molecule has 0 unspecified atom stereocenters. The van der Waals surface area contributed by atoms with Gasteiger partial charge in [-0.05, 0) is 49.2 Å². The van der Waals surface area contributed by atoms with Gasteiger partial charge in [-0.25, -0.2) is 0 Å². The molecule has 3 aromatic rings. The summed E-state index contributed by atoms with van der Waals surface area (Å²) >= 11 is 3.55. The molecule has 3 aromatic carbocycles. The summed E-state index contributed by atoms with van der Waals surface area (Å²) in [5.74, 6) is 0. The number of unbranched alkanes of at least 4 members (excludes halogenated alkanes) is 1. The van der Waals surface area contributed by atoms with Crippen LogP contribution in [0.5, 0.6) is 0 Å². The molecule has 0 aliphatic carbocycles. The molecular formula is C23H25BrN2. The fraction of sp³-hybridized carbons (Fsp3) is 0.217. The number of hydrogen-bond acceptors (Lipinski definition) is 2. The normalized spacial score (nSPS) is 12.2. The highest BCUT2D eigenvalue weighted by molar-refractivity contribution is 9.09. The van der Waals surface area contributed by atoms with Crippen molar-refractivity contribution < 1.29 is 0 Å². The van der Waals surface area contributed by atoms with Crippen LogP contribution in [-0.2, 0) is 0 Å². The molecule has 0 aromatic heterocycles. The Balaban J connectivity index is 0.00000196. The van der Waals surface area contributed by atoms with Crippen molar-refractivity contribution in [3.05, 3.63) is 78.9 Å². The maximum absolute atomic E-state index is 3.55. The minimum absolute atomic E-state index is 0. The SMILES string of the molecule is BrCCCCN1c2ccccc2N(c2ccccc2)c2ccccc21.C. The van der Waals surface area contributed by atoms with Crippen LogP contribution in [0, 0.1) is 0 Å². The van der Waals surface area contributed by atoms with Crippen LogP contribution in [-0.4, -0.2) is 11.9 Å². The number of nitrogens with zero attached hydrogens (tertiary/aromatic N) is 2. The van der Waals surface area contributed by atoms with Crippen molar-refractivity contribution in [1.82, 2.24) is 0 Å². The maximum Gasteiger partial charge on any atom is 0.0699 e. The summed E-state index contributed by atoms with van der Waals surface area (Å²) in [6.07, 6.45) is 2.35. The molecule has 2 nitrogen and oxygen atoms in total. The molecule has 0 radical (unpaired) electrons. The zero-order chi connectivity index (χ0) is 17.1. The van der Waals surface area contributed by atoms with E-state index in [1.165, 1.54) is 41.3 Å². The van der Waals surface area contributed by atoms with Gasteiger partial charge in [0, 0.05) is 17.6 Å². The Morgan fingerprint density at radius 3 is 1.65 bits per heavy atom. The highest BCUT2D eigenvalue weighted by Gasteiger charge is 2.28. The first kappa shape index (κ1) is 18.5. The van der Waals surface area contributed by atoms with E-state index < -0.39 is 0 Å². The quantitative estimate of drug-likeness (QED) is 0.320.